The van der Waals surface area contributed by atoms with E-state index in [0.29, 0.717) is 5.69 Å². The number of urea groups is 1. The maximum absolute atomic E-state index is 11.5. The van der Waals surface area contributed by atoms with Gasteiger partial charge in [0.1, 0.15) is 0 Å². The number of nitrogens with one attached hydrogen (secondary N) is 2. The van der Waals surface area contributed by atoms with Gasteiger partial charge in [-0.05, 0) is 29.8 Å². The summed E-state index contributed by atoms with van der Waals surface area (Å²) in [7, 11) is 2.03. The summed E-state index contributed by atoms with van der Waals surface area (Å²) in [6, 6.07) is 17.6. The summed E-state index contributed by atoms with van der Waals surface area (Å²) in [6.07, 6.45) is 0. The van der Waals surface area contributed by atoms with Crippen LogP contribution in [-0.2, 0) is 6.54 Å². The first-order valence-corrected chi connectivity index (χ1v) is 7.20. The smallest absolute Gasteiger partial charge is 0.319 e. The molecular formula is C17H21N3O2. The third-order valence-corrected chi connectivity index (χ3v) is 3.23. The SMILES string of the molecule is CN(Cc1ccccc1)c1ccc(NC(=O)NCCO)cc1. The number of benzene rings is 2. The number of hydrogen-bond acceptors (Lipinski definition) is 3. The zero-order valence-electron chi connectivity index (χ0n) is 12.6. The van der Waals surface area contributed by atoms with Crippen molar-refractivity contribution in [3.63, 3.8) is 0 Å². The first-order valence-electron chi connectivity index (χ1n) is 7.20. The van der Waals surface area contributed by atoms with E-state index in [1.165, 1.54) is 5.56 Å². The molecular weight excluding hydrogens is 278 g/mol. The van der Waals surface area contributed by atoms with Crippen molar-refractivity contribution >= 4 is 17.4 Å². The lowest BCUT2D eigenvalue weighted by molar-refractivity contribution is 0.245. The first-order chi connectivity index (χ1) is 10.7. The van der Waals surface area contributed by atoms with Crippen LogP contribution in [0.4, 0.5) is 16.2 Å². The van der Waals surface area contributed by atoms with Gasteiger partial charge >= 0.3 is 6.03 Å². The Hall–Kier alpha value is -2.53. The van der Waals surface area contributed by atoms with Crippen LogP contribution in [0.15, 0.2) is 54.6 Å². The highest BCUT2D eigenvalue weighted by atomic mass is 16.3. The Balaban J connectivity index is 1.92. The molecule has 0 saturated carbocycles. The van der Waals surface area contributed by atoms with E-state index in [1.807, 2.05) is 49.5 Å². The fourth-order valence-electron chi connectivity index (χ4n) is 2.09. The lowest BCUT2D eigenvalue weighted by atomic mass is 10.2. The van der Waals surface area contributed by atoms with Crippen LogP contribution >= 0.6 is 0 Å². The normalized spacial score (nSPS) is 10.1. The van der Waals surface area contributed by atoms with E-state index in [1.54, 1.807) is 0 Å². The van der Waals surface area contributed by atoms with Crippen LogP contribution in [0.1, 0.15) is 5.56 Å². The molecule has 0 aliphatic heterocycles. The molecule has 116 valence electrons. The van der Waals surface area contributed by atoms with Gasteiger partial charge in [-0.3, -0.25) is 0 Å². The molecule has 0 aliphatic rings. The minimum absolute atomic E-state index is 0.0728. The second-order valence-corrected chi connectivity index (χ2v) is 4.99. The van der Waals surface area contributed by atoms with Gasteiger partial charge in [-0.25, -0.2) is 4.79 Å². The first kappa shape index (κ1) is 15.9. The van der Waals surface area contributed by atoms with Crippen molar-refractivity contribution in [2.24, 2.45) is 0 Å². The fourth-order valence-corrected chi connectivity index (χ4v) is 2.09. The fraction of sp³-hybridized carbons (Fsp3) is 0.235. The third kappa shape index (κ3) is 4.79. The molecule has 3 N–H and O–H groups in total. The average Bonchev–Trinajstić information content (AvgIpc) is 2.54. The monoisotopic (exact) mass is 299 g/mol. The number of anilines is 2. The van der Waals surface area contributed by atoms with Crippen molar-refractivity contribution < 1.29 is 9.90 Å². The molecule has 22 heavy (non-hydrogen) atoms. The standard InChI is InChI=1S/C17H21N3O2/c1-20(13-14-5-3-2-4-6-14)16-9-7-15(8-10-16)19-17(22)18-11-12-21/h2-10,21H,11-13H2,1H3,(H2,18,19,22). The van der Waals surface area contributed by atoms with Crippen LogP contribution < -0.4 is 15.5 Å². The quantitative estimate of drug-likeness (QED) is 0.767. The van der Waals surface area contributed by atoms with Crippen LogP contribution in [-0.4, -0.2) is 31.3 Å². The summed E-state index contributed by atoms with van der Waals surface area (Å²) < 4.78 is 0. The van der Waals surface area contributed by atoms with E-state index in [2.05, 4.69) is 27.7 Å². The van der Waals surface area contributed by atoms with Gasteiger partial charge in [-0.2, -0.15) is 0 Å². The number of hydrogen-bond donors (Lipinski definition) is 3. The molecule has 5 heteroatoms. The van der Waals surface area contributed by atoms with Crippen molar-refractivity contribution in [2.45, 2.75) is 6.54 Å². The van der Waals surface area contributed by atoms with Crippen molar-refractivity contribution in [1.29, 1.82) is 0 Å². The molecule has 2 amide bonds. The second kappa shape index (κ2) is 8.05. The van der Waals surface area contributed by atoms with Gasteiger partial charge in [0.05, 0.1) is 6.61 Å². The predicted octanol–water partition coefficient (Wildman–Crippen LogP) is 2.44. The number of aliphatic hydroxyl groups is 1. The second-order valence-electron chi connectivity index (χ2n) is 4.99. The minimum atomic E-state index is -0.320. The number of aliphatic hydroxyl groups excluding tert-OH is 1. The van der Waals surface area contributed by atoms with Crippen molar-refractivity contribution in [1.82, 2.24) is 5.32 Å². The lowest BCUT2D eigenvalue weighted by Gasteiger charge is -2.19. The van der Waals surface area contributed by atoms with Crippen LogP contribution in [0.5, 0.6) is 0 Å². The molecule has 0 aliphatic carbocycles. The van der Waals surface area contributed by atoms with E-state index in [-0.39, 0.29) is 19.2 Å². The maximum Gasteiger partial charge on any atom is 0.319 e. The Kier molecular flexibility index (Phi) is 5.80. The summed E-state index contributed by atoms with van der Waals surface area (Å²) in [5.41, 5.74) is 3.04. The van der Waals surface area contributed by atoms with E-state index in [9.17, 15) is 4.79 Å². The number of amides is 2. The molecule has 0 atom stereocenters. The summed E-state index contributed by atoms with van der Waals surface area (Å²) in [6.45, 7) is 0.991. The highest BCUT2D eigenvalue weighted by Gasteiger charge is 2.04. The van der Waals surface area contributed by atoms with Gasteiger partial charge < -0.3 is 20.6 Å². The molecule has 0 spiro atoms. The van der Waals surface area contributed by atoms with Crippen molar-refractivity contribution in [2.75, 3.05) is 30.4 Å². The van der Waals surface area contributed by atoms with E-state index < -0.39 is 0 Å². The molecule has 0 saturated heterocycles. The van der Waals surface area contributed by atoms with Crippen molar-refractivity contribution in [3.8, 4) is 0 Å². The lowest BCUT2D eigenvalue weighted by Crippen LogP contribution is -2.30. The number of nitrogens with zero attached hydrogens (tertiary/aromatic N) is 1. The zero-order valence-corrected chi connectivity index (χ0v) is 12.6. The summed E-state index contributed by atoms with van der Waals surface area (Å²) in [5.74, 6) is 0. The van der Waals surface area contributed by atoms with Gasteiger partial charge in [-0.15, -0.1) is 0 Å². The van der Waals surface area contributed by atoms with Crippen LogP contribution in [0, 0.1) is 0 Å². The molecule has 0 radical (unpaired) electrons. The molecule has 0 fully saturated rings. The molecule has 2 aromatic carbocycles. The summed E-state index contributed by atoms with van der Waals surface area (Å²) in [4.78, 5) is 13.6. The number of carbonyl (C=O) groups is 1. The molecule has 0 heterocycles. The topological polar surface area (TPSA) is 64.6 Å². The number of carbonyl (C=O) groups excluding carboxylic acids is 1. The van der Waals surface area contributed by atoms with E-state index in [0.717, 1.165) is 12.2 Å². The van der Waals surface area contributed by atoms with E-state index in [4.69, 9.17) is 5.11 Å². The zero-order chi connectivity index (χ0) is 15.8. The van der Waals surface area contributed by atoms with Crippen molar-refractivity contribution in [3.05, 3.63) is 60.2 Å². The maximum atomic E-state index is 11.5. The molecule has 2 rings (SSSR count). The Labute approximate surface area is 130 Å². The Bertz CT molecular complexity index is 585. The number of rotatable bonds is 6. The summed E-state index contributed by atoms with van der Waals surface area (Å²) in [5, 5.41) is 13.9. The highest BCUT2D eigenvalue weighted by molar-refractivity contribution is 5.89. The van der Waals surface area contributed by atoms with Gasteiger partial charge in [-0.1, -0.05) is 30.3 Å². The Morgan fingerprint density at radius 2 is 1.77 bits per heavy atom. The van der Waals surface area contributed by atoms with Crippen LogP contribution in [0.3, 0.4) is 0 Å². The third-order valence-electron chi connectivity index (χ3n) is 3.23. The van der Waals surface area contributed by atoms with Gasteiger partial charge in [0.25, 0.3) is 0 Å². The Morgan fingerprint density at radius 1 is 1.09 bits per heavy atom. The largest absolute Gasteiger partial charge is 0.395 e. The Morgan fingerprint density at radius 3 is 2.41 bits per heavy atom. The molecule has 0 aromatic heterocycles. The molecule has 0 bridgehead atoms. The minimum Gasteiger partial charge on any atom is -0.395 e. The van der Waals surface area contributed by atoms with Gasteiger partial charge in [0.2, 0.25) is 0 Å². The molecule has 2 aromatic rings. The predicted molar refractivity (Wildman–Crippen MR) is 89.1 cm³/mol. The summed E-state index contributed by atoms with van der Waals surface area (Å²) >= 11 is 0. The highest BCUT2D eigenvalue weighted by Crippen LogP contribution is 2.18. The van der Waals surface area contributed by atoms with Gasteiger partial charge in [0.15, 0.2) is 0 Å². The van der Waals surface area contributed by atoms with Crippen LogP contribution in [0.25, 0.3) is 0 Å². The molecule has 5 nitrogen and oxygen atoms in total. The van der Waals surface area contributed by atoms with Crippen LogP contribution in [0.2, 0.25) is 0 Å². The van der Waals surface area contributed by atoms with E-state index >= 15 is 0 Å². The molecule has 0 unspecified atom stereocenters. The van der Waals surface area contributed by atoms with Gasteiger partial charge in [0, 0.05) is 31.5 Å². The average molecular weight is 299 g/mol.